The lowest BCUT2D eigenvalue weighted by Gasteiger charge is -2.08. The van der Waals surface area contributed by atoms with Crippen molar-refractivity contribution in [1.82, 2.24) is 4.98 Å². The number of rotatable bonds is 6. The van der Waals surface area contributed by atoms with Crippen LogP contribution >= 0.6 is 0 Å². The normalized spacial score (nSPS) is 10.8. The lowest BCUT2D eigenvalue weighted by atomic mass is 10.1. The molecule has 0 amide bonds. The number of hydrogen-bond donors (Lipinski definition) is 2. The van der Waals surface area contributed by atoms with E-state index in [1.165, 1.54) is 0 Å². The Labute approximate surface area is 139 Å². The predicted molar refractivity (Wildman–Crippen MR) is 94.6 cm³/mol. The summed E-state index contributed by atoms with van der Waals surface area (Å²) in [5.41, 5.74) is 3.60. The van der Waals surface area contributed by atoms with E-state index in [9.17, 15) is 10.1 Å². The smallest absolute Gasteiger partial charge is 0.272 e. The van der Waals surface area contributed by atoms with Gasteiger partial charge >= 0.3 is 0 Å². The van der Waals surface area contributed by atoms with Crippen LogP contribution in [0.2, 0.25) is 0 Å². The van der Waals surface area contributed by atoms with E-state index in [4.69, 9.17) is 4.74 Å². The van der Waals surface area contributed by atoms with Crippen LogP contribution in [0, 0.1) is 17.0 Å². The third-order valence-corrected chi connectivity index (χ3v) is 3.90. The van der Waals surface area contributed by atoms with Crippen LogP contribution in [0.4, 0.5) is 11.4 Å². The molecule has 0 atom stereocenters. The van der Waals surface area contributed by atoms with Gasteiger partial charge in [0.1, 0.15) is 12.4 Å². The average molecular weight is 325 g/mol. The molecule has 0 aliphatic heterocycles. The Morgan fingerprint density at radius 2 is 2.08 bits per heavy atom. The molecule has 24 heavy (non-hydrogen) atoms. The average Bonchev–Trinajstić information content (AvgIpc) is 2.96. The van der Waals surface area contributed by atoms with Gasteiger partial charge in [0.2, 0.25) is 0 Å². The van der Waals surface area contributed by atoms with E-state index in [0.29, 0.717) is 5.56 Å². The Hall–Kier alpha value is -3.02. The molecule has 0 spiro atoms. The number of nitro benzene ring substituents is 1. The summed E-state index contributed by atoms with van der Waals surface area (Å²) >= 11 is 0. The molecule has 6 nitrogen and oxygen atoms in total. The van der Waals surface area contributed by atoms with Crippen LogP contribution in [0.25, 0.3) is 10.9 Å². The number of benzene rings is 2. The maximum atomic E-state index is 11.0. The third kappa shape index (κ3) is 3.17. The molecule has 0 aliphatic carbocycles. The number of fused-ring (bicyclic) bond motifs is 1. The van der Waals surface area contributed by atoms with E-state index in [2.05, 4.69) is 10.3 Å². The van der Waals surface area contributed by atoms with Crippen molar-refractivity contribution in [2.24, 2.45) is 0 Å². The van der Waals surface area contributed by atoms with Crippen LogP contribution in [0.5, 0.6) is 5.75 Å². The number of ether oxygens (including phenoxy) is 1. The summed E-state index contributed by atoms with van der Waals surface area (Å²) in [5.74, 6) is 0.726. The summed E-state index contributed by atoms with van der Waals surface area (Å²) in [6.07, 6.45) is 1.93. The summed E-state index contributed by atoms with van der Waals surface area (Å²) in [5, 5.41) is 15.4. The van der Waals surface area contributed by atoms with E-state index in [0.717, 1.165) is 34.4 Å². The molecule has 0 saturated heterocycles. The van der Waals surface area contributed by atoms with Gasteiger partial charge in [-0.3, -0.25) is 10.1 Å². The minimum Gasteiger partial charge on any atom is -0.489 e. The summed E-state index contributed by atoms with van der Waals surface area (Å²) in [6, 6.07) is 11.0. The van der Waals surface area contributed by atoms with Gasteiger partial charge in [0.25, 0.3) is 5.69 Å². The van der Waals surface area contributed by atoms with Crippen molar-refractivity contribution in [3.05, 3.63) is 63.8 Å². The number of nitrogens with zero attached hydrogens (tertiary/aromatic N) is 1. The number of anilines is 1. The molecule has 2 N–H and O–H groups in total. The second-order valence-corrected chi connectivity index (χ2v) is 5.61. The molecule has 0 fully saturated rings. The standard InChI is InChI=1S/C18H19N3O3/c1-3-19-17-10-20-16-7-6-14(9-15(16)17)24-11-13-5-4-12(2)18(8-13)21(22)23/h4-10,19-20H,3,11H2,1-2H3. The highest BCUT2D eigenvalue weighted by Crippen LogP contribution is 2.28. The first-order valence-corrected chi connectivity index (χ1v) is 7.80. The van der Waals surface area contributed by atoms with E-state index < -0.39 is 0 Å². The zero-order chi connectivity index (χ0) is 17.1. The van der Waals surface area contributed by atoms with E-state index >= 15 is 0 Å². The summed E-state index contributed by atoms with van der Waals surface area (Å²) in [7, 11) is 0. The number of aryl methyl sites for hydroxylation is 1. The first kappa shape index (κ1) is 15.9. The van der Waals surface area contributed by atoms with Crippen LogP contribution in [-0.4, -0.2) is 16.5 Å². The molecule has 3 aromatic rings. The molecular weight excluding hydrogens is 306 g/mol. The molecule has 6 heteroatoms. The topological polar surface area (TPSA) is 80.2 Å². The SMILES string of the molecule is CCNc1c[nH]c2ccc(OCc3ccc(C)c([N+](=O)[O-])c3)cc12. The van der Waals surface area contributed by atoms with Crippen molar-refractivity contribution in [1.29, 1.82) is 0 Å². The molecule has 3 rings (SSSR count). The number of aromatic nitrogens is 1. The fourth-order valence-electron chi connectivity index (χ4n) is 2.63. The van der Waals surface area contributed by atoms with Gasteiger partial charge in [-0.15, -0.1) is 0 Å². The fourth-order valence-corrected chi connectivity index (χ4v) is 2.63. The maximum absolute atomic E-state index is 11.0. The van der Waals surface area contributed by atoms with Crippen LogP contribution in [-0.2, 0) is 6.61 Å². The largest absolute Gasteiger partial charge is 0.489 e. The van der Waals surface area contributed by atoms with Crippen molar-refractivity contribution < 1.29 is 9.66 Å². The monoisotopic (exact) mass is 325 g/mol. The first-order valence-electron chi connectivity index (χ1n) is 7.80. The Morgan fingerprint density at radius 1 is 1.25 bits per heavy atom. The Kier molecular flexibility index (Phi) is 4.37. The van der Waals surface area contributed by atoms with Gasteiger partial charge in [0.05, 0.1) is 10.6 Å². The predicted octanol–water partition coefficient (Wildman–Crippen LogP) is 4.40. The molecule has 0 bridgehead atoms. The van der Waals surface area contributed by atoms with Gasteiger partial charge in [-0.2, -0.15) is 0 Å². The van der Waals surface area contributed by atoms with E-state index in [1.54, 1.807) is 19.1 Å². The number of H-pyrrole nitrogens is 1. The lowest BCUT2D eigenvalue weighted by Crippen LogP contribution is -1.99. The maximum Gasteiger partial charge on any atom is 0.272 e. The van der Waals surface area contributed by atoms with Crippen molar-refractivity contribution >= 4 is 22.3 Å². The number of aromatic amines is 1. The second kappa shape index (κ2) is 6.62. The van der Waals surface area contributed by atoms with Crippen LogP contribution in [0.1, 0.15) is 18.1 Å². The van der Waals surface area contributed by atoms with Gasteiger partial charge in [-0.1, -0.05) is 12.1 Å². The highest BCUT2D eigenvalue weighted by Gasteiger charge is 2.11. The minimum atomic E-state index is -0.368. The van der Waals surface area contributed by atoms with Gasteiger partial charge in [0.15, 0.2) is 0 Å². The van der Waals surface area contributed by atoms with Crippen molar-refractivity contribution in [2.75, 3.05) is 11.9 Å². The van der Waals surface area contributed by atoms with E-state index in [-0.39, 0.29) is 17.2 Å². The van der Waals surface area contributed by atoms with Crippen LogP contribution in [0.3, 0.4) is 0 Å². The molecule has 124 valence electrons. The van der Waals surface area contributed by atoms with Crippen molar-refractivity contribution in [3.63, 3.8) is 0 Å². The number of nitro groups is 1. The van der Waals surface area contributed by atoms with Crippen LogP contribution in [0.15, 0.2) is 42.6 Å². The highest BCUT2D eigenvalue weighted by atomic mass is 16.6. The third-order valence-electron chi connectivity index (χ3n) is 3.90. The Morgan fingerprint density at radius 3 is 2.83 bits per heavy atom. The van der Waals surface area contributed by atoms with Crippen LogP contribution < -0.4 is 10.1 Å². The zero-order valence-corrected chi connectivity index (χ0v) is 13.6. The Bertz CT molecular complexity index is 886. The molecule has 0 radical (unpaired) electrons. The second-order valence-electron chi connectivity index (χ2n) is 5.61. The van der Waals surface area contributed by atoms with Gasteiger partial charge in [-0.25, -0.2) is 0 Å². The molecule has 0 saturated carbocycles. The van der Waals surface area contributed by atoms with Gasteiger partial charge in [0, 0.05) is 35.3 Å². The molecule has 1 aromatic heterocycles. The Balaban J connectivity index is 1.79. The fraction of sp³-hybridized carbons (Fsp3) is 0.222. The minimum absolute atomic E-state index is 0.117. The highest BCUT2D eigenvalue weighted by molar-refractivity contribution is 5.93. The summed E-state index contributed by atoms with van der Waals surface area (Å²) < 4.78 is 5.81. The quantitative estimate of drug-likeness (QED) is 0.520. The molecule has 1 heterocycles. The summed E-state index contributed by atoms with van der Waals surface area (Å²) in [6.45, 7) is 4.90. The van der Waals surface area contributed by atoms with Crippen molar-refractivity contribution in [3.8, 4) is 5.75 Å². The number of nitrogens with one attached hydrogen (secondary N) is 2. The molecule has 0 unspecified atom stereocenters. The van der Waals surface area contributed by atoms with E-state index in [1.807, 2.05) is 37.4 Å². The van der Waals surface area contributed by atoms with Gasteiger partial charge < -0.3 is 15.0 Å². The lowest BCUT2D eigenvalue weighted by molar-refractivity contribution is -0.385. The zero-order valence-electron chi connectivity index (χ0n) is 13.6. The first-order chi connectivity index (χ1) is 11.6. The molecular formula is C18H19N3O3. The number of hydrogen-bond acceptors (Lipinski definition) is 4. The van der Waals surface area contributed by atoms with Gasteiger partial charge in [-0.05, 0) is 37.6 Å². The van der Waals surface area contributed by atoms with Crippen molar-refractivity contribution in [2.45, 2.75) is 20.5 Å². The molecule has 0 aliphatic rings. The summed E-state index contributed by atoms with van der Waals surface area (Å²) in [4.78, 5) is 13.9. The molecule has 2 aromatic carbocycles.